The van der Waals surface area contributed by atoms with Crippen molar-refractivity contribution in [3.05, 3.63) is 42.4 Å². The molecule has 6 heteroatoms. The Balaban J connectivity index is 2.27. The molecule has 0 atom stereocenters. The van der Waals surface area contributed by atoms with Gasteiger partial charge in [0.15, 0.2) is 5.82 Å². The van der Waals surface area contributed by atoms with E-state index in [1.54, 1.807) is 41.2 Å². The van der Waals surface area contributed by atoms with Gasteiger partial charge < -0.3 is 5.73 Å². The molecular weight excluding hydrogens is 228 g/mol. The highest BCUT2D eigenvalue weighted by atomic mass is 15.1. The molecule has 3 aromatic rings. The summed E-state index contributed by atoms with van der Waals surface area (Å²) in [5.74, 6) is 0.879. The van der Waals surface area contributed by atoms with Crippen molar-refractivity contribution >= 4 is 11.5 Å². The minimum atomic E-state index is 0.395. The molecule has 3 rings (SSSR count). The van der Waals surface area contributed by atoms with Crippen LogP contribution in [0.3, 0.4) is 0 Å². The highest BCUT2D eigenvalue weighted by Gasteiger charge is 2.09. The predicted octanol–water partition coefficient (Wildman–Crippen LogP) is 1.25. The van der Waals surface area contributed by atoms with E-state index in [0.29, 0.717) is 22.9 Å². The van der Waals surface area contributed by atoms with Crippen LogP contribution in [0.5, 0.6) is 0 Å². The Bertz CT molecular complexity index is 768. The summed E-state index contributed by atoms with van der Waals surface area (Å²) in [5.41, 5.74) is 7.61. The summed E-state index contributed by atoms with van der Waals surface area (Å²) < 4.78 is 1.77. The lowest BCUT2D eigenvalue weighted by molar-refractivity contribution is 1.11. The van der Waals surface area contributed by atoms with Gasteiger partial charge in [0.25, 0.3) is 0 Å². The van der Waals surface area contributed by atoms with Gasteiger partial charge >= 0.3 is 0 Å². The van der Waals surface area contributed by atoms with Crippen molar-refractivity contribution < 1.29 is 0 Å². The highest BCUT2D eigenvalue weighted by Crippen LogP contribution is 2.18. The van der Waals surface area contributed by atoms with Crippen LogP contribution in [0.15, 0.2) is 36.8 Å². The summed E-state index contributed by atoms with van der Waals surface area (Å²) >= 11 is 0. The Kier molecular flexibility index (Phi) is 2.17. The van der Waals surface area contributed by atoms with E-state index in [9.17, 15) is 0 Å². The van der Waals surface area contributed by atoms with Crippen LogP contribution in [0.25, 0.3) is 17.2 Å². The van der Waals surface area contributed by atoms with E-state index >= 15 is 0 Å². The molecule has 0 aliphatic heterocycles. The Morgan fingerprint density at radius 2 is 2.11 bits per heavy atom. The first-order chi connectivity index (χ1) is 8.78. The zero-order chi connectivity index (χ0) is 12.5. The van der Waals surface area contributed by atoms with Crippen LogP contribution in [0.2, 0.25) is 0 Å². The number of nitriles is 1. The molecule has 18 heavy (non-hydrogen) atoms. The average molecular weight is 236 g/mol. The normalized spacial score (nSPS) is 10.4. The SMILES string of the molecule is N#Cc1ccc2ncc(-c3nccc(N)n3)n2c1. The number of nitrogens with two attached hydrogens (primary N) is 1. The molecule has 0 aliphatic rings. The van der Waals surface area contributed by atoms with Crippen molar-refractivity contribution in [1.82, 2.24) is 19.4 Å². The average Bonchev–Trinajstić information content (AvgIpc) is 2.81. The molecule has 0 aromatic carbocycles. The molecule has 2 N–H and O–H groups in total. The first-order valence-corrected chi connectivity index (χ1v) is 5.24. The largest absolute Gasteiger partial charge is 0.384 e. The van der Waals surface area contributed by atoms with Crippen LogP contribution in [0.4, 0.5) is 5.82 Å². The first kappa shape index (κ1) is 10.2. The standard InChI is InChI=1S/C12H8N6/c13-5-8-1-2-11-16-6-9(18(11)7-8)12-15-4-3-10(14)17-12/h1-4,6-7H,(H2,14,15,17). The van der Waals surface area contributed by atoms with Crippen molar-refractivity contribution in [2.24, 2.45) is 0 Å². The van der Waals surface area contributed by atoms with E-state index in [1.807, 2.05) is 0 Å². The van der Waals surface area contributed by atoms with E-state index in [4.69, 9.17) is 11.0 Å². The number of aromatic nitrogens is 4. The highest BCUT2D eigenvalue weighted by molar-refractivity contribution is 5.58. The first-order valence-electron chi connectivity index (χ1n) is 5.24. The van der Waals surface area contributed by atoms with Gasteiger partial charge in [0.05, 0.1) is 11.8 Å². The molecule has 0 saturated heterocycles. The number of pyridine rings is 1. The maximum absolute atomic E-state index is 8.91. The van der Waals surface area contributed by atoms with E-state index in [2.05, 4.69) is 21.0 Å². The van der Waals surface area contributed by atoms with Gasteiger partial charge in [-0.05, 0) is 18.2 Å². The molecular formula is C12H8N6. The second kappa shape index (κ2) is 3.82. The molecule has 0 unspecified atom stereocenters. The van der Waals surface area contributed by atoms with Gasteiger partial charge in [0.2, 0.25) is 0 Å². The fraction of sp³-hybridized carbons (Fsp3) is 0. The number of nitrogens with zero attached hydrogens (tertiary/aromatic N) is 5. The molecule has 0 spiro atoms. The number of rotatable bonds is 1. The maximum atomic E-state index is 8.91. The molecule has 3 heterocycles. The minimum absolute atomic E-state index is 0.395. The van der Waals surface area contributed by atoms with Crippen LogP contribution < -0.4 is 5.73 Å². The monoisotopic (exact) mass is 236 g/mol. The Labute approximate surface area is 102 Å². The van der Waals surface area contributed by atoms with Crippen LogP contribution >= 0.6 is 0 Å². The fourth-order valence-electron chi connectivity index (χ4n) is 1.71. The predicted molar refractivity (Wildman–Crippen MR) is 65.3 cm³/mol. The Morgan fingerprint density at radius 3 is 2.89 bits per heavy atom. The molecule has 6 nitrogen and oxygen atoms in total. The second-order valence-corrected chi connectivity index (χ2v) is 3.71. The smallest absolute Gasteiger partial charge is 0.180 e. The summed E-state index contributed by atoms with van der Waals surface area (Å²) in [7, 11) is 0. The lowest BCUT2D eigenvalue weighted by Crippen LogP contribution is -1.97. The van der Waals surface area contributed by atoms with Crippen molar-refractivity contribution in [1.29, 1.82) is 5.26 Å². The van der Waals surface area contributed by atoms with Crippen LogP contribution in [0, 0.1) is 11.3 Å². The van der Waals surface area contributed by atoms with Crippen LogP contribution in [-0.4, -0.2) is 19.4 Å². The minimum Gasteiger partial charge on any atom is -0.384 e. The third-order valence-corrected chi connectivity index (χ3v) is 2.54. The second-order valence-electron chi connectivity index (χ2n) is 3.71. The molecule has 0 fully saturated rings. The Morgan fingerprint density at radius 1 is 1.22 bits per heavy atom. The maximum Gasteiger partial charge on any atom is 0.180 e. The summed E-state index contributed by atoms with van der Waals surface area (Å²) in [4.78, 5) is 12.5. The summed E-state index contributed by atoms with van der Waals surface area (Å²) in [5, 5.41) is 8.91. The number of nitrogen functional groups attached to an aromatic ring is 1. The topological polar surface area (TPSA) is 92.9 Å². The van der Waals surface area contributed by atoms with Gasteiger partial charge in [-0.2, -0.15) is 5.26 Å². The third-order valence-electron chi connectivity index (χ3n) is 2.54. The molecule has 3 aromatic heterocycles. The zero-order valence-electron chi connectivity index (χ0n) is 9.28. The van der Waals surface area contributed by atoms with Gasteiger partial charge in [0, 0.05) is 12.4 Å². The summed E-state index contributed by atoms with van der Waals surface area (Å²) in [6, 6.07) is 7.19. The van der Waals surface area contributed by atoms with E-state index in [1.165, 1.54) is 0 Å². The summed E-state index contributed by atoms with van der Waals surface area (Å²) in [6.07, 6.45) is 4.95. The van der Waals surface area contributed by atoms with E-state index < -0.39 is 0 Å². The number of fused-ring (bicyclic) bond motifs is 1. The van der Waals surface area contributed by atoms with E-state index in [-0.39, 0.29) is 0 Å². The fourth-order valence-corrected chi connectivity index (χ4v) is 1.71. The van der Waals surface area contributed by atoms with Crippen molar-refractivity contribution in [2.45, 2.75) is 0 Å². The van der Waals surface area contributed by atoms with Crippen molar-refractivity contribution in [2.75, 3.05) is 5.73 Å². The molecule has 0 saturated carbocycles. The number of imidazole rings is 1. The Hall–Kier alpha value is -2.94. The third kappa shape index (κ3) is 1.55. The lowest BCUT2D eigenvalue weighted by Gasteiger charge is -2.01. The summed E-state index contributed by atoms with van der Waals surface area (Å²) in [6.45, 7) is 0. The van der Waals surface area contributed by atoms with Crippen LogP contribution in [-0.2, 0) is 0 Å². The van der Waals surface area contributed by atoms with Crippen LogP contribution in [0.1, 0.15) is 5.56 Å². The molecule has 0 radical (unpaired) electrons. The molecule has 0 aliphatic carbocycles. The number of hydrogen-bond donors (Lipinski definition) is 1. The molecule has 0 bridgehead atoms. The quantitative estimate of drug-likeness (QED) is 0.686. The lowest BCUT2D eigenvalue weighted by atomic mass is 10.3. The number of hydrogen-bond acceptors (Lipinski definition) is 5. The van der Waals surface area contributed by atoms with Crippen molar-refractivity contribution in [3.8, 4) is 17.6 Å². The molecule has 86 valence electrons. The van der Waals surface area contributed by atoms with Gasteiger partial charge in [0.1, 0.15) is 23.2 Å². The van der Waals surface area contributed by atoms with Gasteiger partial charge in [-0.25, -0.2) is 15.0 Å². The zero-order valence-corrected chi connectivity index (χ0v) is 9.28. The van der Waals surface area contributed by atoms with Crippen molar-refractivity contribution in [3.63, 3.8) is 0 Å². The van der Waals surface area contributed by atoms with Gasteiger partial charge in [-0.3, -0.25) is 4.40 Å². The molecule has 0 amide bonds. The van der Waals surface area contributed by atoms with Gasteiger partial charge in [-0.15, -0.1) is 0 Å². The van der Waals surface area contributed by atoms with Gasteiger partial charge in [-0.1, -0.05) is 0 Å². The van der Waals surface area contributed by atoms with E-state index in [0.717, 1.165) is 5.65 Å². The number of anilines is 1.